The number of halogens is 3. The molecule has 23 heavy (non-hydrogen) atoms. The number of carbonyl (C=O) groups excluding carboxylic acids is 1. The molecule has 0 radical (unpaired) electrons. The number of alkyl halides is 3. The average Bonchev–Trinajstić information content (AvgIpc) is 2.92. The fourth-order valence-corrected chi connectivity index (χ4v) is 3.00. The van der Waals surface area contributed by atoms with E-state index in [2.05, 4.69) is 10.3 Å². The van der Waals surface area contributed by atoms with Gasteiger partial charge in [0, 0.05) is 18.5 Å². The van der Waals surface area contributed by atoms with Crippen LogP contribution < -0.4 is 0 Å². The first kappa shape index (κ1) is 16.2. The SMILES string of the molecule is CC1(Cn2cc(C(=O)N3CCCC(C(F)(F)F)C3)nn2)COC1. The molecule has 2 aliphatic rings. The van der Waals surface area contributed by atoms with E-state index in [9.17, 15) is 18.0 Å². The first-order valence-electron chi connectivity index (χ1n) is 7.61. The molecular weight excluding hydrogens is 313 g/mol. The minimum atomic E-state index is -4.27. The summed E-state index contributed by atoms with van der Waals surface area (Å²) in [6, 6.07) is 0. The largest absolute Gasteiger partial charge is 0.393 e. The Labute approximate surface area is 131 Å². The molecule has 3 rings (SSSR count). The van der Waals surface area contributed by atoms with Crippen LogP contribution in [0.5, 0.6) is 0 Å². The van der Waals surface area contributed by atoms with Crippen molar-refractivity contribution in [3.05, 3.63) is 11.9 Å². The van der Waals surface area contributed by atoms with Gasteiger partial charge in [-0.2, -0.15) is 13.2 Å². The maximum Gasteiger partial charge on any atom is 0.393 e. The molecule has 9 heteroatoms. The Balaban J connectivity index is 1.65. The monoisotopic (exact) mass is 332 g/mol. The van der Waals surface area contributed by atoms with Gasteiger partial charge in [-0.25, -0.2) is 0 Å². The van der Waals surface area contributed by atoms with Crippen LogP contribution in [0, 0.1) is 11.3 Å². The Bertz CT molecular complexity index is 583. The van der Waals surface area contributed by atoms with E-state index in [0.29, 0.717) is 32.7 Å². The maximum atomic E-state index is 12.8. The molecule has 2 saturated heterocycles. The number of carbonyl (C=O) groups is 1. The first-order chi connectivity index (χ1) is 10.8. The molecule has 128 valence electrons. The van der Waals surface area contributed by atoms with Crippen LogP contribution in [0.25, 0.3) is 0 Å². The summed E-state index contributed by atoms with van der Waals surface area (Å²) in [5.74, 6) is -1.94. The lowest BCUT2D eigenvalue weighted by Gasteiger charge is -2.37. The molecule has 0 spiro atoms. The second kappa shape index (κ2) is 5.77. The zero-order valence-corrected chi connectivity index (χ0v) is 12.8. The summed E-state index contributed by atoms with van der Waals surface area (Å²) in [5, 5.41) is 7.73. The van der Waals surface area contributed by atoms with Gasteiger partial charge in [-0.05, 0) is 12.8 Å². The van der Waals surface area contributed by atoms with Gasteiger partial charge >= 0.3 is 6.18 Å². The predicted molar refractivity (Wildman–Crippen MR) is 73.6 cm³/mol. The topological polar surface area (TPSA) is 60.2 Å². The van der Waals surface area contributed by atoms with Gasteiger partial charge in [0.15, 0.2) is 5.69 Å². The molecule has 2 fully saturated rings. The minimum absolute atomic E-state index is 0.0273. The van der Waals surface area contributed by atoms with Crippen LogP contribution in [0.15, 0.2) is 6.20 Å². The Morgan fingerprint density at radius 1 is 1.48 bits per heavy atom. The normalized spacial score (nSPS) is 24.3. The summed E-state index contributed by atoms with van der Waals surface area (Å²) in [6.45, 7) is 3.87. The molecule has 0 aliphatic carbocycles. The van der Waals surface area contributed by atoms with E-state index in [1.807, 2.05) is 6.92 Å². The standard InChI is InChI=1S/C14H19F3N4O2/c1-13(8-23-9-13)7-21-6-11(18-19-21)12(22)20-4-2-3-10(5-20)14(15,16)17/h6,10H,2-5,7-9H2,1H3. The molecular formula is C14H19F3N4O2. The summed E-state index contributed by atoms with van der Waals surface area (Å²) >= 11 is 0. The van der Waals surface area contributed by atoms with Crippen LogP contribution >= 0.6 is 0 Å². The summed E-state index contributed by atoms with van der Waals surface area (Å²) in [6.07, 6.45) is -2.35. The van der Waals surface area contributed by atoms with Gasteiger partial charge in [-0.1, -0.05) is 12.1 Å². The van der Waals surface area contributed by atoms with E-state index in [1.54, 1.807) is 4.68 Å². The second-order valence-electron chi connectivity index (χ2n) is 6.74. The molecule has 1 amide bonds. The Morgan fingerprint density at radius 2 is 2.22 bits per heavy atom. The number of aromatic nitrogens is 3. The molecule has 6 nitrogen and oxygen atoms in total. The molecule has 0 aromatic carbocycles. The van der Waals surface area contributed by atoms with Crippen molar-refractivity contribution >= 4 is 5.91 Å². The molecule has 0 N–H and O–H groups in total. The number of piperidine rings is 1. The van der Waals surface area contributed by atoms with Crippen molar-refractivity contribution in [2.75, 3.05) is 26.3 Å². The van der Waals surface area contributed by atoms with E-state index in [1.165, 1.54) is 11.1 Å². The van der Waals surface area contributed by atoms with Crippen molar-refractivity contribution in [2.45, 2.75) is 32.5 Å². The van der Waals surface area contributed by atoms with Crippen LogP contribution in [0.1, 0.15) is 30.3 Å². The Kier molecular flexibility index (Phi) is 4.07. The smallest absolute Gasteiger partial charge is 0.380 e. The third-order valence-corrected chi connectivity index (χ3v) is 4.37. The number of likely N-dealkylation sites (tertiary alicyclic amines) is 1. The number of nitrogens with zero attached hydrogens (tertiary/aromatic N) is 4. The van der Waals surface area contributed by atoms with Crippen LogP contribution in [0.4, 0.5) is 13.2 Å². The van der Waals surface area contributed by atoms with Crippen molar-refractivity contribution < 1.29 is 22.7 Å². The van der Waals surface area contributed by atoms with E-state index < -0.39 is 18.0 Å². The highest BCUT2D eigenvalue weighted by Crippen LogP contribution is 2.33. The lowest BCUT2D eigenvalue weighted by molar-refractivity contribution is -0.184. The van der Waals surface area contributed by atoms with Gasteiger partial charge < -0.3 is 9.64 Å². The van der Waals surface area contributed by atoms with Crippen molar-refractivity contribution in [3.8, 4) is 0 Å². The van der Waals surface area contributed by atoms with Crippen molar-refractivity contribution in [1.29, 1.82) is 0 Å². The second-order valence-corrected chi connectivity index (χ2v) is 6.74. The van der Waals surface area contributed by atoms with Crippen LogP contribution in [0.3, 0.4) is 0 Å². The molecule has 1 unspecified atom stereocenters. The van der Waals surface area contributed by atoms with E-state index in [0.717, 1.165) is 0 Å². The van der Waals surface area contributed by atoms with Crippen LogP contribution in [-0.4, -0.2) is 58.3 Å². The number of rotatable bonds is 3. The number of hydrogen-bond donors (Lipinski definition) is 0. The van der Waals surface area contributed by atoms with Crippen LogP contribution in [0.2, 0.25) is 0 Å². The molecule has 1 aromatic rings. The summed E-state index contributed by atoms with van der Waals surface area (Å²) in [5.41, 5.74) is 0.0669. The molecule has 1 aromatic heterocycles. The van der Waals surface area contributed by atoms with E-state index in [4.69, 9.17) is 4.74 Å². The molecule has 3 heterocycles. The van der Waals surface area contributed by atoms with Crippen molar-refractivity contribution in [3.63, 3.8) is 0 Å². The van der Waals surface area contributed by atoms with Gasteiger partial charge in [-0.3, -0.25) is 9.48 Å². The third-order valence-electron chi connectivity index (χ3n) is 4.37. The quantitative estimate of drug-likeness (QED) is 0.846. The highest BCUT2D eigenvalue weighted by molar-refractivity contribution is 5.92. The van der Waals surface area contributed by atoms with Crippen molar-refractivity contribution in [1.82, 2.24) is 19.9 Å². The zero-order chi connectivity index (χ0) is 16.7. The highest BCUT2D eigenvalue weighted by atomic mass is 19.4. The van der Waals surface area contributed by atoms with Gasteiger partial charge in [-0.15, -0.1) is 5.10 Å². The van der Waals surface area contributed by atoms with E-state index in [-0.39, 0.29) is 24.1 Å². The third kappa shape index (κ3) is 3.49. The fraction of sp³-hybridized carbons (Fsp3) is 0.786. The fourth-order valence-electron chi connectivity index (χ4n) is 3.00. The summed E-state index contributed by atoms with van der Waals surface area (Å²) < 4.78 is 45.2. The van der Waals surface area contributed by atoms with Gasteiger partial charge in [0.1, 0.15) is 0 Å². The summed E-state index contributed by atoms with van der Waals surface area (Å²) in [7, 11) is 0. The lowest BCUT2D eigenvalue weighted by atomic mass is 9.89. The van der Waals surface area contributed by atoms with E-state index >= 15 is 0 Å². The molecule has 0 saturated carbocycles. The molecule has 2 aliphatic heterocycles. The number of amides is 1. The number of ether oxygens (including phenoxy) is 1. The van der Waals surface area contributed by atoms with Crippen molar-refractivity contribution in [2.24, 2.45) is 11.3 Å². The highest BCUT2D eigenvalue weighted by Gasteiger charge is 2.43. The minimum Gasteiger partial charge on any atom is -0.380 e. The average molecular weight is 332 g/mol. The Hall–Kier alpha value is -1.64. The van der Waals surface area contributed by atoms with Gasteiger partial charge in [0.2, 0.25) is 0 Å². The van der Waals surface area contributed by atoms with Gasteiger partial charge in [0.05, 0.1) is 31.9 Å². The first-order valence-corrected chi connectivity index (χ1v) is 7.61. The zero-order valence-electron chi connectivity index (χ0n) is 12.8. The molecule has 0 bridgehead atoms. The lowest BCUT2D eigenvalue weighted by Crippen LogP contribution is -2.44. The molecule has 1 atom stereocenters. The predicted octanol–water partition coefficient (Wildman–Crippen LogP) is 1.73. The van der Waals surface area contributed by atoms with Crippen LogP contribution in [-0.2, 0) is 11.3 Å². The van der Waals surface area contributed by atoms with Gasteiger partial charge in [0.25, 0.3) is 5.91 Å². The number of hydrogen-bond acceptors (Lipinski definition) is 4. The maximum absolute atomic E-state index is 12.8. The summed E-state index contributed by atoms with van der Waals surface area (Å²) in [4.78, 5) is 13.6. The Morgan fingerprint density at radius 3 is 2.83 bits per heavy atom.